The van der Waals surface area contributed by atoms with Crippen LogP contribution in [0.15, 0.2) is 12.2 Å². The molecular formula is C11H21N. The lowest BCUT2D eigenvalue weighted by Gasteiger charge is -2.19. The zero-order valence-corrected chi connectivity index (χ0v) is 8.18. The molecule has 0 spiro atoms. The van der Waals surface area contributed by atoms with Gasteiger partial charge in [-0.15, -0.1) is 0 Å². The van der Waals surface area contributed by atoms with E-state index in [1.54, 1.807) is 0 Å². The molecule has 1 heteroatoms. The lowest BCUT2D eigenvalue weighted by Crippen LogP contribution is -2.31. The Hall–Kier alpha value is -0.300. The van der Waals surface area contributed by atoms with Crippen molar-refractivity contribution < 1.29 is 0 Å². The molecule has 1 heterocycles. The third-order valence-corrected chi connectivity index (χ3v) is 2.52. The van der Waals surface area contributed by atoms with Crippen molar-refractivity contribution in [3.63, 3.8) is 0 Å². The first kappa shape index (κ1) is 9.79. The normalized spacial score (nSPS) is 22.9. The Bertz CT molecular complexity index is 129. The molecule has 0 aromatic rings. The molecule has 0 aromatic heterocycles. The van der Waals surface area contributed by atoms with Crippen molar-refractivity contribution in [1.29, 1.82) is 0 Å². The van der Waals surface area contributed by atoms with Gasteiger partial charge in [-0.25, -0.2) is 0 Å². The summed E-state index contributed by atoms with van der Waals surface area (Å²) in [6.07, 6.45) is 12.7. The molecule has 1 aliphatic heterocycles. The van der Waals surface area contributed by atoms with Crippen LogP contribution >= 0.6 is 0 Å². The van der Waals surface area contributed by atoms with E-state index in [2.05, 4.69) is 24.4 Å². The smallest absolute Gasteiger partial charge is 0.0137 e. The summed E-state index contributed by atoms with van der Waals surface area (Å²) < 4.78 is 0. The Kier molecular flexibility index (Phi) is 5.09. The first-order valence-corrected chi connectivity index (χ1v) is 5.32. The van der Waals surface area contributed by atoms with Gasteiger partial charge in [0.25, 0.3) is 0 Å². The van der Waals surface area contributed by atoms with E-state index in [-0.39, 0.29) is 0 Å². The highest BCUT2D eigenvalue weighted by Crippen LogP contribution is 2.10. The lowest BCUT2D eigenvalue weighted by molar-refractivity contribution is 0.465. The third-order valence-electron chi connectivity index (χ3n) is 2.52. The van der Waals surface area contributed by atoms with Gasteiger partial charge in [0.1, 0.15) is 0 Å². The Morgan fingerprint density at radius 2 is 2.17 bits per heavy atom. The molecular weight excluding hydrogens is 146 g/mol. The van der Waals surface area contributed by atoms with Crippen molar-refractivity contribution in [3.8, 4) is 0 Å². The lowest BCUT2D eigenvalue weighted by atomic mass is 10.0. The zero-order chi connectivity index (χ0) is 8.65. The van der Waals surface area contributed by atoms with Crippen LogP contribution in [0.4, 0.5) is 0 Å². The average Bonchev–Trinajstić information content (AvgIpc) is 2.14. The molecule has 1 unspecified atom stereocenters. The van der Waals surface area contributed by atoms with Gasteiger partial charge in [0, 0.05) is 12.6 Å². The van der Waals surface area contributed by atoms with Gasteiger partial charge in [0.05, 0.1) is 0 Å². The molecule has 0 radical (unpaired) electrons. The van der Waals surface area contributed by atoms with E-state index >= 15 is 0 Å². The largest absolute Gasteiger partial charge is 0.310 e. The van der Waals surface area contributed by atoms with Crippen molar-refractivity contribution in [2.45, 2.75) is 51.5 Å². The van der Waals surface area contributed by atoms with E-state index in [0.717, 1.165) is 12.6 Å². The van der Waals surface area contributed by atoms with Crippen LogP contribution in [-0.4, -0.2) is 12.6 Å². The van der Waals surface area contributed by atoms with Gasteiger partial charge in [-0.2, -0.15) is 0 Å². The van der Waals surface area contributed by atoms with Gasteiger partial charge >= 0.3 is 0 Å². The minimum absolute atomic E-state index is 0.770. The summed E-state index contributed by atoms with van der Waals surface area (Å²) in [5, 5.41) is 3.51. The maximum atomic E-state index is 3.51. The minimum Gasteiger partial charge on any atom is -0.310 e. The van der Waals surface area contributed by atoms with Crippen LogP contribution in [0.5, 0.6) is 0 Å². The molecule has 0 fully saturated rings. The maximum Gasteiger partial charge on any atom is 0.0137 e. The second-order valence-electron chi connectivity index (χ2n) is 3.66. The van der Waals surface area contributed by atoms with Gasteiger partial charge in [-0.05, 0) is 12.8 Å². The Morgan fingerprint density at radius 1 is 1.25 bits per heavy atom. The number of hydrogen-bond acceptors (Lipinski definition) is 1. The van der Waals surface area contributed by atoms with Crippen LogP contribution in [-0.2, 0) is 0 Å². The average molecular weight is 167 g/mol. The summed E-state index contributed by atoms with van der Waals surface area (Å²) in [6, 6.07) is 0.770. The molecule has 12 heavy (non-hydrogen) atoms. The van der Waals surface area contributed by atoms with Crippen molar-refractivity contribution in [1.82, 2.24) is 5.32 Å². The van der Waals surface area contributed by atoms with Crippen LogP contribution in [0.2, 0.25) is 0 Å². The SMILES string of the molecule is CCCCCCC1CC=CCN1. The van der Waals surface area contributed by atoms with Gasteiger partial charge in [-0.1, -0.05) is 44.8 Å². The predicted octanol–water partition coefficient (Wildman–Crippen LogP) is 2.87. The summed E-state index contributed by atoms with van der Waals surface area (Å²) in [5.74, 6) is 0. The van der Waals surface area contributed by atoms with E-state index in [9.17, 15) is 0 Å². The van der Waals surface area contributed by atoms with Crippen molar-refractivity contribution >= 4 is 0 Å². The van der Waals surface area contributed by atoms with E-state index in [1.807, 2.05) is 0 Å². The molecule has 1 aliphatic rings. The fourth-order valence-electron chi connectivity index (χ4n) is 1.70. The van der Waals surface area contributed by atoms with E-state index < -0.39 is 0 Å². The van der Waals surface area contributed by atoms with Crippen LogP contribution in [0, 0.1) is 0 Å². The van der Waals surface area contributed by atoms with Crippen LogP contribution in [0.25, 0.3) is 0 Å². The summed E-state index contributed by atoms with van der Waals surface area (Å²) >= 11 is 0. The highest BCUT2D eigenvalue weighted by atomic mass is 14.9. The Labute approximate surface area is 76.2 Å². The fourth-order valence-corrected chi connectivity index (χ4v) is 1.70. The standard InChI is InChI=1S/C11H21N/c1-2-3-4-5-8-11-9-6-7-10-12-11/h6-7,11-12H,2-5,8-10H2,1H3. The molecule has 1 rings (SSSR count). The molecule has 1 nitrogen and oxygen atoms in total. The molecule has 1 N–H and O–H groups in total. The summed E-state index contributed by atoms with van der Waals surface area (Å²) in [7, 11) is 0. The second-order valence-corrected chi connectivity index (χ2v) is 3.66. The van der Waals surface area contributed by atoms with Crippen molar-refractivity contribution in [3.05, 3.63) is 12.2 Å². The molecule has 0 saturated heterocycles. The number of hydrogen-bond donors (Lipinski definition) is 1. The minimum atomic E-state index is 0.770. The van der Waals surface area contributed by atoms with Crippen LogP contribution in [0.1, 0.15) is 45.4 Å². The summed E-state index contributed by atoms with van der Waals surface area (Å²) in [4.78, 5) is 0. The summed E-state index contributed by atoms with van der Waals surface area (Å²) in [6.45, 7) is 3.35. The van der Waals surface area contributed by atoms with Crippen molar-refractivity contribution in [2.24, 2.45) is 0 Å². The summed E-state index contributed by atoms with van der Waals surface area (Å²) in [5.41, 5.74) is 0. The van der Waals surface area contributed by atoms with Gasteiger partial charge in [-0.3, -0.25) is 0 Å². The molecule has 0 bridgehead atoms. The zero-order valence-electron chi connectivity index (χ0n) is 8.18. The van der Waals surface area contributed by atoms with E-state index in [0.29, 0.717) is 0 Å². The highest BCUT2D eigenvalue weighted by molar-refractivity contribution is 4.93. The quantitative estimate of drug-likeness (QED) is 0.490. The number of nitrogens with one attached hydrogen (secondary N) is 1. The highest BCUT2D eigenvalue weighted by Gasteiger charge is 2.06. The second kappa shape index (κ2) is 6.24. The Morgan fingerprint density at radius 3 is 2.83 bits per heavy atom. The first-order chi connectivity index (χ1) is 5.93. The topological polar surface area (TPSA) is 12.0 Å². The van der Waals surface area contributed by atoms with Crippen LogP contribution < -0.4 is 5.32 Å². The van der Waals surface area contributed by atoms with Gasteiger partial charge in [0.2, 0.25) is 0 Å². The van der Waals surface area contributed by atoms with E-state index in [4.69, 9.17) is 0 Å². The molecule has 0 aromatic carbocycles. The number of unbranched alkanes of at least 4 members (excludes halogenated alkanes) is 3. The monoisotopic (exact) mass is 167 g/mol. The van der Waals surface area contributed by atoms with Gasteiger partial charge < -0.3 is 5.32 Å². The molecule has 1 atom stereocenters. The number of rotatable bonds is 5. The third kappa shape index (κ3) is 3.91. The Balaban J connectivity index is 1.95. The fraction of sp³-hybridized carbons (Fsp3) is 0.818. The van der Waals surface area contributed by atoms with Crippen molar-refractivity contribution in [2.75, 3.05) is 6.54 Å². The molecule has 0 amide bonds. The molecule has 0 aliphatic carbocycles. The molecule has 70 valence electrons. The van der Waals surface area contributed by atoms with Crippen LogP contribution in [0.3, 0.4) is 0 Å². The van der Waals surface area contributed by atoms with Gasteiger partial charge in [0.15, 0.2) is 0 Å². The van der Waals surface area contributed by atoms with E-state index in [1.165, 1.54) is 38.5 Å². The molecule has 0 saturated carbocycles. The maximum absolute atomic E-state index is 3.51. The predicted molar refractivity (Wildman–Crippen MR) is 54.3 cm³/mol. The first-order valence-electron chi connectivity index (χ1n) is 5.32.